The number of aromatic nitrogens is 4. The molecule has 2 heterocycles. The van der Waals surface area contributed by atoms with Gasteiger partial charge in [-0.1, -0.05) is 0 Å². The monoisotopic (exact) mass is 377 g/mol. The van der Waals surface area contributed by atoms with Gasteiger partial charge in [0, 0.05) is 35.6 Å². The molecule has 2 aromatic carbocycles. The fourth-order valence-corrected chi connectivity index (χ4v) is 2.97. The maximum absolute atomic E-state index is 13.5. The van der Waals surface area contributed by atoms with Crippen LogP contribution >= 0.6 is 0 Å². The molecule has 0 aliphatic heterocycles. The lowest BCUT2D eigenvalue weighted by atomic mass is 10.1. The molecule has 2 aromatic heterocycles. The predicted molar refractivity (Wildman–Crippen MR) is 105 cm³/mol. The van der Waals surface area contributed by atoms with E-state index in [1.165, 1.54) is 12.1 Å². The molecule has 2 N–H and O–H groups in total. The summed E-state index contributed by atoms with van der Waals surface area (Å²) in [5, 5.41) is 11.5. The molecule has 0 saturated carbocycles. The van der Waals surface area contributed by atoms with E-state index in [1.54, 1.807) is 18.6 Å². The first-order chi connectivity index (χ1) is 13.6. The van der Waals surface area contributed by atoms with Crippen molar-refractivity contribution in [1.82, 2.24) is 20.2 Å². The molecule has 0 fully saturated rings. The van der Waals surface area contributed by atoms with E-state index in [-0.39, 0.29) is 6.04 Å². The largest absolute Gasteiger partial charge is 0.378 e. The Morgan fingerprint density at radius 2 is 1.86 bits per heavy atom. The highest BCUT2D eigenvalue weighted by Crippen LogP contribution is 2.26. The molecular weight excluding hydrogens is 360 g/mol. The lowest BCUT2D eigenvalue weighted by Crippen LogP contribution is -2.07. The molecule has 0 aliphatic rings. The minimum absolute atomic E-state index is 0.270. The molecule has 0 aliphatic carbocycles. The molecule has 0 spiro atoms. The Morgan fingerprint density at radius 3 is 2.61 bits per heavy atom. The lowest BCUT2D eigenvalue weighted by molar-refractivity contribution is 0.577. The summed E-state index contributed by atoms with van der Waals surface area (Å²) in [5.41, 5.74) is 3.73. The van der Waals surface area contributed by atoms with Gasteiger partial charge < -0.3 is 5.32 Å². The standard InChI is InChI=1S/C21H17F2N5/c1-13(14-8-15(22)10-16(23)9-14)26-17-2-4-20-19(11-17)21(28-27-20)5-3-18-12-24-6-7-25-18/h2-13,26H,1H3,(H,27,28)/b5-3+/t13-/m1/s1. The lowest BCUT2D eigenvalue weighted by Gasteiger charge is -2.16. The molecule has 7 heteroatoms. The van der Waals surface area contributed by atoms with Gasteiger partial charge in [0.15, 0.2) is 0 Å². The Balaban J connectivity index is 1.59. The highest BCUT2D eigenvalue weighted by atomic mass is 19.1. The third-order valence-electron chi connectivity index (χ3n) is 4.36. The average Bonchev–Trinajstić information content (AvgIpc) is 3.09. The minimum atomic E-state index is -0.592. The third-order valence-corrected chi connectivity index (χ3v) is 4.36. The number of hydrogen-bond acceptors (Lipinski definition) is 4. The summed E-state index contributed by atoms with van der Waals surface area (Å²) in [6, 6.07) is 8.99. The van der Waals surface area contributed by atoms with E-state index in [0.717, 1.165) is 34.0 Å². The minimum Gasteiger partial charge on any atom is -0.378 e. The van der Waals surface area contributed by atoms with Crippen molar-refractivity contribution in [1.29, 1.82) is 0 Å². The summed E-state index contributed by atoms with van der Waals surface area (Å²) in [6.45, 7) is 1.85. The van der Waals surface area contributed by atoms with Gasteiger partial charge in [-0.25, -0.2) is 8.78 Å². The van der Waals surface area contributed by atoms with Crippen LogP contribution in [0, 0.1) is 11.6 Å². The highest BCUT2D eigenvalue weighted by molar-refractivity contribution is 5.91. The van der Waals surface area contributed by atoms with Crippen molar-refractivity contribution in [2.45, 2.75) is 13.0 Å². The van der Waals surface area contributed by atoms with E-state index in [2.05, 4.69) is 25.5 Å². The summed E-state index contributed by atoms with van der Waals surface area (Å²) in [6.07, 6.45) is 8.60. The fraction of sp³-hybridized carbons (Fsp3) is 0.0952. The van der Waals surface area contributed by atoms with Gasteiger partial charge in [-0.05, 0) is 55.0 Å². The number of nitrogens with one attached hydrogen (secondary N) is 2. The molecule has 0 radical (unpaired) electrons. The second kappa shape index (κ2) is 7.56. The van der Waals surface area contributed by atoms with Crippen LogP contribution in [0.4, 0.5) is 14.5 Å². The average molecular weight is 377 g/mol. The predicted octanol–water partition coefficient (Wildman–Crippen LogP) is 4.97. The van der Waals surface area contributed by atoms with Crippen molar-refractivity contribution in [2.75, 3.05) is 5.32 Å². The number of aromatic amines is 1. The normalized spacial score (nSPS) is 12.5. The van der Waals surface area contributed by atoms with Gasteiger partial charge in [0.05, 0.1) is 23.1 Å². The number of hydrogen-bond donors (Lipinski definition) is 2. The van der Waals surface area contributed by atoms with Gasteiger partial charge in [-0.3, -0.25) is 15.1 Å². The van der Waals surface area contributed by atoms with Crippen LogP contribution in [0.15, 0.2) is 55.0 Å². The van der Waals surface area contributed by atoms with Crippen LogP contribution in [0.3, 0.4) is 0 Å². The number of benzene rings is 2. The van der Waals surface area contributed by atoms with Gasteiger partial charge in [-0.2, -0.15) is 5.10 Å². The van der Waals surface area contributed by atoms with E-state index in [0.29, 0.717) is 5.56 Å². The molecule has 4 aromatic rings. The molecule has 140 valence electrons. The fourth-order valence-electron chi connectivity index (χ4n) is 2.97. The molecule has 0 amide bonds. The molecule has 0 bridgehead atoms. The van der Waals surface area contributed by atoms with Gasteiger partial charge in [0.2, 0.25) is 0 Å². The van der Waals surface area contributed by atoms with Crippen LogP contribution in [0.2, 0.25) is 0 Å². The van der Waals surface area contributed by atoms with Crippen LogP contribution < -0.4 is 5.32 Å². The Hall–Kier alpha value is -3.61. The first-order valence-corrected chi connectivity index (χ1v) is 8.73. The highest BCUT2D eigenvalue weighted by Gasteiger charge is 2.10. The second-order valence-electron chi connectivity index (χ2n) is 6.40. The smallest absolute Gasteiger partial charge is 0.126 e. The Kier molecular flexibility index (Phi) is 4.80. The van der Waals surface area contributed by atoms with E-state index in [4.69, 9.17) is 0 Å². The third kappa shape index (κ3) is 3.88. The molecular formula is C21H17F2N5. The van der Waals surface area contributed by atoms with Crippen LogP contribution in [0.25, 0.3) is 23.1 Å². The van der Waals surface area contributed by atoms with Crippen molar-refractivity contribution in [3.63, 3.8) is 0 Å². The van der Waals surface area contributed by atoms with Crippen LogP contribution in [0.5, 0.6) is 0 Å². The van der Waals surface area contributed by atoms with Crippen molar-refractivity contribution in [3.8, 4) is 0 Å². The van der Waals surface area contributed by atoms with Crippen LogP contribution in [-0.2, 0) is 0 Å². The molecule has 1 atom stereocenters. The van der Waals surface area contributed by atoms with Gasteiger partial charge in [0.1, 0.15) is 11.6 Å². The molecule has 4 rings (SSSR count). The summed E-state index contributed by atoms with van der Waals surface area (Å²) >= 11 is 0. The molecule has 5 nitrogen and oxygen atoms in total. The zero-order chi connectivity index (χ0) is 19.5. The summed E-state index contributed by atoms with van der Waals surface area (Å²) < 4.78 is 26.9. The zero-order valence-electron chi connectivity index (χ0n) is 15.0. The first-order valence-electron chi connectivity index (χ1n) is 8.73. The van der Waals surface area contributed by atoms with Gasteiger partial charge in [0.25, 0.3) is 0 Å². The van der Waals surface area contributed by atoms with Gasteiger partial charge in [-0.15, -0.1) is 0 Å². The topological polar surface area (TPSA) is 66.5 Å². The van der Waals surface area contributed by atoms with Crippen molar-refractivity contribution in [3.05, 3.63) is 83.6 Å². The zero-order valence-corrected chi connectivity index (χ0v) is 15.0. The van der Waals surface area contributed by atoms with E-state index < -0.39 is 11.6 Å². The maximum atomic E-state index is 13.5. The van der Waals surface area contributed by atoms with Crippen molar-refractivity contribution < 1.29 is 8.78 Å². The number of anilines is 1. The van der Waals surface area contributed by atoms with Crippen LogP contribution in [-0.4, -0.2) is 20.2 Å². The quantitative estimate of drug-likeness (QED) is 0.515. The maximum Gasteiger partial charge on any atom is 0.126 e. The number of rotatable bonds is 5. The summed E-state index contributed by atoms with van der Waals surface area (Å²) in [5.74, 6) is -1.18. The summed E-state index contributed by atoms with van der Waals surface area (Å²) in [7, 11) is 0. The summed E-state index contributed by atoms with van der Waals surface area (Å²) in [4.78, 5) is 8.23. The van der Waals surface area contributed by atoms with E-state index in [9.17, 15) is 8.78 Å². The number of nitrogens with zero attached hydrogens (tertiary/aromatic N) is 3. The van der Waals surface area contributed by atoms with E-state index >= 15 is 0 Å². The number of H-pyrrole nitrogens is 1. The van der Waals surface area contributed by atoms with Crippen molar-refractivity contribution >= 4 is 28.7 Å². The SMILES string of the molecule is C[C@@H](Nc1ccc2[nH]nc(/C=C/c3cnccn3)c2c1)c1cc(F)cc(F)c1. The molecule has 0 unspecified atom stereocenters. The molecule has 28 heavy (non-hydrogen) atoms. The Bertz CT molecular complexity index is 1120. The number of fused-ring (bicyclic) bond motifs is 1. The second-order valence-corrected chi connectivity index (χ2v) is 6.40. The van der Waals surface area contributed by atoms with Gasteiger partial charge >= 0.3 is 0 Å². The van der Waals surface area contributed by atoms with E-state index in [1.807, 2.05) is 37.3 Å². The Labute approximate surface area is 160 Å². The first kappa shape index (κ1) is 17.8. The van der Waals surface area contributed by atoms with Crippen molar-refractivity contribution in [2.24, 2.45) is 0 Å². The number of halogens is 2. The van der Waals surface area contributed by atoms with Crippen LogP contribution in [0.1, 0.15) is 29.9 Å². The Morgan fingerprint density at radius 1 is 1.04 bits per heavy atom. The molecule has 0 saturated heterocycles.